The zero-order valence-electron chi connectivity index (χ0n) is 11.8. The number of nitrogens with two attached hydrogens (primary N) is 1. The number of halogens is 2. The van der Waals surface area contributed by atoms with Gasteiger partial charge in [-0.3, -0.25) is 4.79 Å². The van der Waals surface area contributed by atoms with E-state index >= 15 is 0 Å². The van der Waals surface area contributed by atoms with Gasteiger partial charge in [0, 0.05) is 6.54 Å². The minimum absolute atomic E-state index is 0.0619. The Balaban J connectivity index is 2.60. The van der Waals surface area contributed by atoms with Crippen LogP contribution in [0, 0.1) is 5.41 Å². The van der Waals surface area contributed by atoms with Gasteiger partial charge in [-0.15, -0.1) is 0 Å². The van der Waals surface area contributed by atoms with Crippen LogP contribution in [0.15, 0.2) is 24.3 Å². The Hall–Kier alpha value is -1.69. The molecule has 0 saturated carbocycles. The monoisotopic (exact) mass is 286 g/mol. The summed E-state index contributed by atoms with van der Waals surface area (Å²) in [4.78, 5) is 11.8. The number of hydrogen-bond donors (Lipinski definition) is 2. The van der Waals surface area contributed by atoms with Gasteiger partial charge in [0.2, 0.25) is 5.91 Å². The highest BCUT2D eigenvalue weighted by Gasteiger charge is 2.27. The van der Waals surface area contributed by atoms with Gasteiger partial charge in [0.05, 0.1) is 6.04 Å². The average Bonchev–Trinajstić information content (AvgIpc) is 2.33. The van der Waals surface area contributed by atoms with Gasteiger partial charge in [-0.25, -0.2) is 0 Å². The van der Waals surface area contributed by atoms with Crippen LogP contribution in [-0.2, 0) is 11.3 Å². The molecule has 6 heteroatoms. The third kappa shape index (κ3) is 5.13. The van der Waals surface area contributed by atoms with Crippen LogP contribution < -0.4 is 15.8 Å². The summed E-state index contributed by atoms with van der Waals surface area (Å²) in [6.07, 6.45) is 0. The fourth-order valence-electron chi connectivity index (χ4n) is 1.52. The number of rotatable bonds is 5. The Morgan fingerprint density at radius 1 is 1.40 bits per heavy atom. The summed E-state index contributed by atoms with van der Waals surface area (Å²) in [5.41, 5.74) is 6.14. The van der Waals surface area contributed by atoms with Crippen LogP contribution in [0.2, 0.25) is 0 Å². The zero-order valence-corrected chi connectivity index (χ0v) is 11.8. The van der Waals surface area contributed by atoms with Gasteiger partial charge in [-0.1, -0.05) is 32.9 Å². The zero-order chi connectivity index (χ0) is 15.3. The molecule has 0 aliphatic carbocycles. The van der Waals surface area contributed by atoms with E-state index in [4.69, 9.17) is 5.73 Å². The van der Waals surface area contributed by atoms with E-state index in [-0.39, 0.29) is 23.6 Å². The standard InChI is InChI=1S/C14H20F2N2O2/c1-14(2,3)11(17)12(19)18-8-9-5-4-6-10(7-9)20-13(15)16/h4-7,11,13H,8,17H2,1-3H3,(H,18,19)/t11-/m1/s1. The van der Waals surface area contributed by atoms with E-state index in [0.29, 0.717) is 5.56 Å². The minimum Gasteiger partial charge on any atom is -0.435 e. The second kappa shape index (κ2) is 6.65. The molecule has 3 N–H and O–H groups in total. The summed E-state index contributed by atoms with van der Waals surface area (Å²) in [5.74, 6) is -0.218. The van der Waals surface area contributed by atoms with Crippen molar-refractivity contribution in [3.63, 3.8) is 0 Å². The molecule has 0 aliphatic heterocycles. The molecule has 1 rings (SSSR count). The Morgan fingerprint density at radius 3 is 2.60 bits per heavy atom. The fourth-order valence-corrected chi connectivity index (χ4v) is 1.52. The van der Waals surface area contributed by atoms with Gasteiger partial charge in [-0.05, 0) is 23.1 Å². The third-order valence-electron chi connectivity index (χ3n) is 2.81. The molecule has 1 aromatic carbocycles. The molecule has 0 saturated heterocycles. The first-order valence-electron chi connectivity index (χ1n) is 6.27. The maximum Gasteiger partial charge on any atom is 0.387 e. The lowest BCUT2D eigenvalue weighted by Gasteiger charge is -2.25. The molecule has 0 bridgehead atoms. The van der Waals surface area contributed by atoms with Crippen LogP contribution in [0.25, 0.3) is 0 Å². The molecule has 0 heterocycles. The molecule has 1 amide bonds. The molecule has 0 radical (unpaired) electrons. The molecule has 0 unspecified atom stereocenters. The molecule has 112 valence electrons. The van der Waals surface area contributed by atoms with E-state index in [9.17, 15) is 13.6 Å². The smallest absolute Gasteiger partial charge is 0.387 e. The fraction of sp³-hybridized carbons (Fsp3) is 0.500. The van der Waals surface area contributed by atoms with E-state index in [1.165, 1.54) is 12.1 Å². The van der Waals surface area contributed by atoms with Crippen molar-refractivity contribution in [1.29, 1.82) is 0 Å². The van der Waals surface area contributed by atoms with Crippen LogP contribution in [-0.4, -0.2) is 18.6 Å². The molecule has 0 aliphatic rings. The van der Waals surface area contributed by atoms with Gasteiger partial charge < -0.3 is 15.8 Å². The second-order valence-electron chi connectivity index (χ2n) is 5.59. The van der Waals surface area contributed by atoms with Gasteiger partial charge in [0.1, 0.15) is 5.75 Å². The van der Waals surface area contributed by atoms with E-state index in [1.54, 1.807) is 12.1 Å². The summed E-state index contributed by atoms with van der Waals surface area (Å²) in [6, 6.07) is 5.54. The van der Waals surface area contributed by atoms with Crippen molar-refractivity contribution in [1.82, 2.24) is 5.32 Å². The van der Waals surface area contributed by atoms with Crippen molar-refractivity contribution in [3.8, 4) is 5.75 Å². The van der Waals surface area contributed by atoms with Crippen molar-refractivity contribution < 1.29 is 18.3 Å². The highest BCUT2D eigenvalue weighted by molar-refractivity contribution is 5.82. The molecule has 0 aromatic heterocycles. The largest absolute Gasteiger partial charge is 0.435 e. The van der Waals surface area contributed by atoms with Gasteiger partial charge in [0.15, 0.2) is 0 Å². The van der Waals surface area contributed by atoms with Crippen LogP contribution in [0.5, 0.6) is 5.75 Å². The number of nitrogens with one attached hydrogen (secondary N) is 1. The number of amides is 1. The Morgan fingerprint density at radius 2 is 2.05 bits per heavy atom. The van der Waals surface area contributed by atoms with Crippen molar-refractivity contribution in [2.45, 2.75) is 40.0 Å². The number of benzene rings is 1. The molecule has 1 aromatic rings. The topological polar surface area (TPSA) is 64.4 Å². The van der Waals surface area contributed by atoms with Gasteiger partial charge in [-0.2, -0.15) is 8.78 Å². The van der Waals surface area contributed by atoms with E-state index in [0.717, 1.165) is 0 Å². The first-order chi connectivity index (χ1) is 9.20. The van der Waals surface area contributed by atoms with Crippen molar-refractivity contribution in [2.24, 2.45) is 11.1 Å². The van der Waals surface area contributed by atoms with Crippen molar-refractivity contribution in [3.05, 3.63) is 29.8 Å². The van der Waals surface area contributed by atoms with Crippen molar-refractivity contribution >= 4 is 5.91 Å². The third-order valence-corrected chi connectivity index (χ3v) is 2.81. The molecule has 4 nitrogen and oxygen atoms in total. The molecular weight excluding hydrogens is 266 g/mol. The summed E-state index contributed by atoms with van der Waals surface area (Å²) >= 11 is 0. The summed E-state index contributed by atoms with van der Waals surface area (Å²) in [7, 11) is 0. The number of carbonyl (C=O) groups excluding carboxylic acids is 1. The van der Waals surface area contributed by atoms with Crippen LogP contribution in [0.4, 0.5) is 8.78 Å². The van der Waals surface area contributed by atoms with Crippen LogP contribution in [0.3, 0.4) is 0 Å². The number of carbonyl (C=O) groups is 1. The second-order valence-corrected chi connectivity index (χ2v) is 5.59. The minimum atomic E-state index is -2.87. The predicted molar refractivity (Wildman–Crippen MR) is 72.4 cm³/mol. The number of alkyl halides is 2. The molecule has 1 atom stereocenters. The summed E-state index contributed by atoms with van der Waals surface area (Å²) < 4.78 is 28.5. The normalized spacial score (nSPS) is 13.2. The first kappa shape index (κ1) is 16.4. The van der Waals surface area contributed by atoms with Gasteiger partial charge >= 0.3 is 6.61 Å². The number of ether oxygens (including phenoxy) is 1. The summed E-state index contributed by atoms with van der Waals surface area (Å²) in [5, 5.41) is 2.68. The lowest BCUT2D eigenvalue weighted by molar-refractivity contribution is -0.124. The Kier molecular flexibility index (Phi) is 5.44. The highest BCUT2D eigenvalue weighted by atomic mass is 19.3. The lowest BCUT2D eigenvalue weighted by atomic mass is 9.87. The van der Waals surface area contributed by atoms with E-state index < -0.39 is 12.7 Å². The van der Waals surface area contributed by atoms with E-state index in [1.807, 2.05) is 20.8 Å². The quantitative estimate of drug-likeness (QED) is 0.872. The predicted octanol–water partition coefficient (Wildman–Crippen LogP) is 2.28. The van der Waals surface area contributed by atoms with Crippen molar-refractivity contribution in [2.75, 3.05) is 0 Å². The van der Waals surface area contributed by atoms with E-state index in [2.05, 4.69) is 10.1 Å². The Labute approximate surface area is 117 Å². The molecule has 0 spiro atoms. The maximum absolute atomic E-state index is 12.1. The number of hydrogen-bond acceptors (Lipinski definition) is 3. The molecule has 20 heavy (non-hydrogen) atoms. The SMILES string of the molecule is CC(C)(C)[C@H](N)C(=O)NCc1cccc(OC(F)F)c1. The van der Waals surface area contributed by atoms with Crippen LogP contribution >= 0.6 is 0 Å². The first-order valence-corrected chi connectivity index (χ1v) is 6.27. The summed E-state index contributed by atoms with van der Waals surface area (Å²) in [6.45, 7) is 2.95. The van der Waals surface area contributed by atoms with Crippen LogP contribution in [0.1, 0.15) is 26.3 Å². The van der Waals surface area contributed by atoms with Gasteiger partial charge in [0.25, 0.3) is 0 Å². The average molecular weight is 286 g/mol. The Bertz CT molecular complexity index is 459. The molecule has 0 fully saturated rings. The maximum atomic E-state index is 12.1. The molecular formula is C14H20F2N2O2. The lowest BCUT2D eigenvalue weighted by Crippen LogP contribution is -2.48. The highest BCUT2D eigenvalue weighted by Crippen LogP contribution is 2.18.